The number of anilines is 1. The zero-order chi connectivity index (χ0) is 26.3. The topological polar surface area (TPSA) is 105 Å². The molecule has 10 heteroatoms. The lowest BCUT2D eigenvalue weighted by Crippen LogP contribution is -2.53. The number of carbonyl (C=O) groups excluding carboxylic acids is 2. The Hall–Kier alpha value is -3.27. The van der Waals surface area contributed by atoms with Crippen molar-refractivity contribution in [2.75, 3.05) is 29.9 Å². The average molecular weight is 518 g/mol. The molecule has 0 saturated heterocycles. The van der Waals surface area contributed by atoms with Gasteiger partial charge < -0.3 is 19.7 Å². The monoisotopic (exact) mass is 517 g/mol. The second-order valence-electron chi connectivity index (χ2n) is 8.76. The van der Waals surface area contributed by atoms with Crippen molar-refractivity contribution in [3.8, 4) is 11.5 Å². The molecule has 0 saturated carbocycles. The van der Waals surface area contributed by atoms with E-state index in [0.717, 1.165) is 16.3 Å². The summed E-state index contributed by atoms with van der Waals surface area (Å²) >= 11 is 0. The molecule has 2 atom stereocenters. The molecule has 2 aromatic rings. The number of carbonyl (C=O) groups is 2. The van der Waals surface area contributed by atoms with E-state index in [2.05, 4.69) is 5.32 Å². The summed E-state index contributed by atoms with van der Waals surface area (Å²) in [6.07, 6.45) is 1.28. The van der Waals surface area contributed by atoms with Crippen molar-refractivity contribution in [1.29, 1.82) is 0 Å². The van der Waals surface area contributed by atoms with Crippen LogP contribution in [-0.4, -0.2) is 62.9 Å². The molecule has 2 amide bonds. The third-order valence-corrected chi connectivity index (χ3v) is 8.02. The Kier molecular flexibility index (Phi) is 9.19. The maximum absolute atomic E-state index is 13.6. The Balaban J connectivity index is 1.88. The molecule has 36 heavy (non-hydrogen) atoms. The van der Waals surface area contributed by atoms with Crippen molar-refractivity contribution in [3.05, 3.63) is 54.1 Å². The lowest BCUT2D eigenvalue weighted by molar-refractivity contribution is -0.139. The molecule has 2 aromatic carbocycles. The van der Waals surface area contributed by atoms with Gasteiger partial charge in [0.05, 0.1) is 11.4 Å². The Morgan fingerprint density at radius 1 is 1.03 bits per heavy atom. The standard InChI is InChI=1S/C26H35N3O6S/c1-5-19(3)27-26(31)20(4)28(15-14-21-10-8-7-9-11-21)25(30)17-29(36(32,33)6-2)22-12-13-23-24(16-22)35-18-34-23/h7-13,16,19-20H,5-6,14-15,17-18H2,1-4H3,(H,27,31). The number of rotatable bonds is 12. The van der Waals surface area contributed by atoms with Crippen LogP contribution in [0.2, 0.25) is 0 Å². The summed E-state index contributed by atoms with van der Waals surface area (Å²) in [5.74, 6) is -0.00797. The Bertz CT molecular complexity index is 1160. The van der Waals surface area contributed by atoms with Gasteiger partial charge in [-0.3, -0.25) is 13.9 Å². The van der Waals surface area contributed by atoms with Crippen LogP contribution in [0.25, 0.3) is 0 Å². The molecule has 1 heterocycles. The number of ether oxygens (including phenoxy) is 2. The minimum atomic E-state index is -3.81. The molecule has 0 fully saturated rings. The molecule has 1 N–H and O–H groups in total. The van der Waals surface area contributed by atoms with E-state index in [1.807, 2.05) is 44.2 Å². The fraction of sp³-hybridized carbons (Fsp3) is 0.462. The summed E-state index contributed by atoms with van der Waals surface area (Å²) in [6, 6.07) is 13.6. The number of hydrogen-bond acceptors (Lipinski definition) is 6. The zero-order valence-electron chi connectivity index (χ0n) is 21.3. The van der Waals surface area contributed by atoms with E-state index >= 15 is 0 Å². The normalized spacial score (nSPS) is 14.1. The van der Waals surface area contributed by atoms with Crippen LogP contribution in [0.1, 0.15) is 39.7 Å². The van der Waals surface area contributed by atoms with Crippen LogP contribution in [0, 0.1) is 0 Å². The molecular formula is C26H35N3O6S. The summed E-state index contributed by atoms with van der Waals surface area (Å²) in [4.78, 5) is 28.0. The number of nitrogens with zero attached hydrogens (tertiary/aromatic N) is 2. The second-order valence-corrected chi connectivity index (χ2v) is 10.9. The van der Waals surface area contributed by atoms with Crippen LogP contribution < -0.4 is 19.1 Å². The van der Waals surface area contributed by atoms with Gasteiger partial charge in [0.2, 0.25) is 28.6 Å². The first-order valence-corrected chi connectivity index (χ1v) is 13.8. The summed E-state index contributed by atoms with van der Waals surface area (Å²) in [7, 11) is -3.81. The van der Waals surface area contributed by atoms with Gasteiger partial charge in [-0.1, -0.05) is 37.3 Å². The molecule has 0 radical (unpaired) electrons. The highest BCUT2D eigenvalue weighted by Gasteiger charge is 2.31. The number of benzene rings is 2. The third-order valence-electron chi connectivity index (χ3n) is 6.28. The summed E-state index contributed by atoms with van der Waals surface area (Å²) in [5, 5.41) is 2.92. The van der Waals surface area contributed by atoms with Crippen LogP contribution in [0.15, 0.2) is 48.5 Å². The molecule has 1 aliphatic heterocycles. The van der Waals surface area contributed by atoms with Gasteiger partial charge in [0.15, 0.2) is 11.5 Å². The minimum Gasteiger partial charge on any atom is -0.454 e. The molecule has 9 nitrogen and oxygen atoms in total. The van der Waals surface area contributed by atoms with Crippen molar-refractivity contribution in [3.63, 3.8) is 0 Å². The molecule has 1 aliphatic rings. The van der Waals surface area contributed by atoms with Gasteiger partial charge in [-0.25, -0.2) is 8.42 Å². The lowest BCUT2D eigenvalue weighted by atomic mass is 10.1. The van der Waals surface area contributed by atoms with E-state index in [0.29, 0.717) is 23.6 Å². The first-order valence-electron chi connectivity index (χ1n) is 12.2. The van der Waals surface area contributed by atoms with Crippen LogP contribution >= 0.6 is 0 Å². The van der Waals surface area contributed by atoms with Crippen molar-refractivity contribution in [2.24, 2.45) is 0 Å². The van der Waals surface area contributed by atoms with E-state index in [1.54, 1.807) is 25.1 Å². The van der Waals surface area contributed by atoms with Gasteiger partial charge in [-0.2, -0.15) is 0 Å². The smallest absolute Gasteiger partial charge is 0.244 e. The minimum absolute atomic E-state index is 0.0448. The summed E-state index contributed by atoms with van der Waals surface area (Å²) in [5.41, 5.74) is 1.31. The highest BCUT2D eigenvalue weighted by Crippen LogP contribution is 2.36. The molecule has 3 rings (SSSR count). The average Bonchev–Trinajstić information content (AvgIpc) is 3.35. The number of nitrogens with one attached hydrogen (secondary N) is 1. The van der Waals surface area contributed by atoms with Crippen LogP contribution in [0.5, 0.6) is 11.5 Å². The van der Waals surface area contributed by atoms with E-state index in [1.165, 1.54) is 11.8 Å². The molecule has 0 aromatic heterocycles. The van der Waals surface area contributed by atoms with Gasteiger partial charge in [0.1, 0.15) is 12.6 Å². The van der Waals surface area contributed by atoms with Crippen LogP contribution in [0.3, 0.4) is 0 Å². The maximum Gasteiger partial charge on any atom is 0.244 e. The van der Waals surface area contributed by atoms with Gasteiger partial charge in [0.25, 0.3) is 0 Å². The van der Waals surface area contributed by atoms with Gasteiger partial charge in [-0.05, 0) is 51.3 Å². The van der Waals surface area contributed by atoms with Crippen molar-refractivity contribution < 1.29 is 27.5 Å². The van der Waals surface area contributed by atoms with Gasteiger partial charge in [0, 0.05) is 18.7 Å². The Morgan fingerprint density at radius 3 is 2.39 bits per heavy atom. The molecule has 0 bridgehead atoms. The third kappa shape index (κ3) is 6.69. The maximum atomic E-state index is 13.6. The molecule has 0 aliphatic carbocycles. The van der Waals surface area contributed by atoms with E-state index in [-0.39, 0.29) is 31.0 Å². The van der Waals surface area contributed by atoms with E-state index in [4.69, 9.17) is 9.47 Å². The summed E-state index contributed by atoms with van der Waals surface area (Å²) < 4.78 is 37.9. The van der Waals surface area contributed by atoms with Gasteiger partial charge in [-0.15, -0.1) is 0 Å². The van der Waals surface area contributed by atoms with Crippen LogP contribution in [0.4, 0.5) is 5.69 Å². The Morgan fingerprint density at radius 2 is 1.72 bits per heavy atom. The number of hydrogen-bond donors (Lipinski definition) is 1. The largest absolute Gasteiger partial charge is 0.454 e. The molecule has 0 spiro atoms. The fourth-order valence-electron chi connectivity index (χ4n) is 3.80. The molecule has 2 unspecified atom stereocenters. The van der Waals surface area contributed by atoms with E-state index < -0.39 is 28.5 Å². The van der Waals surface area contributed by atoms with Gasteiger partial charge >= 0.3 is 0 Å². The Labute approximate surface area is 213 Å². The number of fused-ring (bicyclic) bond motifs is 1. The molecular weight excluding hydrogens is 482 g/mol. The predicted octanol–water partition coefficient (Wildman–Crippen LogP) is 2.95. The highest BCUT2D eigenvalue weighted by atomic mass is 32.2. The first-order chi connectivity index (χ1) is 17.2. The zero-order valence-corrected chi connectivity index (χ0v) is 22.1. The number of amides is 2. The SMILES string of the molecule is CCC(C)NC(=O)C(C)N(CCc1ccccc1)C(=O)CN(c1ccc2c(c1)OCO2)S(=O)(=O)CC. The van der Waals surface area contributed by atoms with Crippen molar-refractivity contribution in [1.82, 2.24) is 10.2 Å². The van der Waals surface area contributed by atoms with Crippen molar-refractivity contribution in [2.45, 2.75) is 52.6 Å². The highest BCUT2D eigenvalue weighted by molar-refractivity contribution is 7.92. The van der Waals surface area contributed by atoms with Crippen LogP contribution in [-0.2, 0) is 26.0 Å². The molecule has 196 valence electrons. The quantitative estimate of drug-likeness (QED) is 0.464. The van der Waals surface area contributed by atoms with Crippen molar-refractivity contribution >= 4 is 27.5 Å². The fourth-order valence-corrected chi connectivity index (χ4v) is 4.85. The predicted molar refractivity (Wildman–Crippen MR) is 139 cm³/mol. The number of sulfonamides is 1. The first kappa shape index (κ1) is 27.3. The van der Waals surface area contributed by atoms with E-state index in [9.17, 15) is 18.0 Å². The summed E-state index contributed by atoms with van der Waals surface area (Å²) in [6.45, 7) is 6.93. The lowest BCUT2D eigenvalue weighted by Gasteiger charge is -2.32. The second kappa shape index (κ2) is 12.1.